The summed E-state index contributed by atoms with van der Waals surface area (Å²) in [7, 11) is 4.98. The second-order valence-electron chi connectivity index (χ2n) is 10.4. The lowest BCUT2D eigenvalue weighted by Gasteiger charge is -2.33. The fourth-order valence-electron chi connectivity index (χ4n) is 5.61. The number of hydrogen-bond acceptors (Lipinski definition) is 9. The predicted octanol–water partition coefficient (Wildman–Crippen LogP) is 5.29. The van der Waals surface area contributed by atoms with Crippen molar-refractivity contribution < 1.29 is 18.9 Å². The van der Waals surface area contributed by atoms with Crippen LogP contribution in [0.2, 0.25) is 0 Å². The molecule has 0 unspecified atom stereocenters. The Morgan fingerprint density at radius 3 is 2.30 bits per heavy atom. The highest BCUT2D eigenvalue weighted by molar-refractivity contribution is 5.93. The van der Waals surface area contributed by atoms with Gasteiger partial charge in [0.1, 0.15) is 12.4 Å². The summed E-state index contributed by atoms with van der Waals surface area (Å²) in [6.07, 6.45) is 7.39. The van der Waals surface area contributed by atoms with Gasteiger partial charge in [0.05, 0.1) is 26.8 Å². The van der Waals surface area contributed by atoms with E-state index in [-0.39, 0.29) is 0 Å². The fraction of sp³-hybridized carbons (Fsp3) is 0.484. The Bertz CT molecular complexity index is 1300. The minimum atomic E-state index is 0.311. The summed E-state index contributed by atoms with van der Waals surface area (Å²) < 4.78 is 22.4. The molecule has 0 radical (unpaired) electrons. The largest absolute Gasteiger partial charge is 0.493 e. The van der Waals surface area contributed by atoms with Gasteiger partial charge in [0, 0.05) is 50.2 Å². The Morgan fingerprint density at radius 1 is 0.875 bits per heavy atom. The number of piperidine rings is 2. The number of nitrogens with one attached hydrogen (secondary N) is 1. The second-order valence-corrected chi connectivity index (χ2v) is 10.4. The molecule has 9 nitrogen and oxygen atoms in total. The minimum Gasteiger partial charge on any atom is -0.493 e. The minimum absolute atomic E-state index is 0.311. The molecule has 0 amide bonds. The number of hydrogen-bond donors (Lipinski definition) is 1. The SMILES string of the molecule is C=CCOc1cc(CN2CCC(Nc3nc(N4CCCCC4)c4cc(OC)c(OC)cc4n3)CC2)ccc1OC. The van der Waals surface area contributed by atoms with E-state index in [4.69, 9.17) is 28.9 Å². The van der Waals surface area contributed by atoms with Crippen LogP contribution in [0.1, 0.15) is 37.7 Å². The van der Waals surface area contributed by atoms with Gasteiger partial charge < -0.3 is 29.2 Å². The fourth-order valence-corrected chi connectivity index (χ4v) is 5.61. The number of fused-ring (bicyclic) bond motifs is 1. The highest BCUT2D eigenvalue weighted by Crippen LogP contribution is 2.37. The van der Waals surface area contributed by atoms with Crippen LogP contribution in [0.25, 0.3) is 10.9 Å². The summed E-state index contributed by atoms with van der Waals surface area (Å²) in [5, 5.41) is 4.65. The molecule has 0 aliphatic carbocycles. The topological polar surface area (TPSA) is 81.2 Å². The molecule has 0 bridgehead atoms. The molecule has 1 aromatic heterocycles. The summed E-state index contributed by atoms with van der Waals surface area (Å²) in [4.78, 5) is 14.8. The first-order valence-electron chi connectivity index (χ1n) is 14.2. The van der Waals surface area contributed by atoms with E-state index in [2.05, 4.69) is 33.8 Å². The number of likely N-dealkylation sites (tertiary alicyclic amines) is 1. The average molecular weight is 548 g/mol. The highest BCUT2D eigenvalue weighted by Gasteiger charge is 2.23. The molecule has 2 saturated heterocycles. The third kappa shape index (κ3) is 6.36. The van der Waals surface area contributed by atoms with Crippen molar-refractivity contribution in [2.45, 2.75) is 44.7 Å². The molecule has 0 saturated carbocycles. The van der Waals surface area contributed by atoms with Crippen molar-refractivity contribution in [3.8, 4) is 23.0 Å². The van der Waals surface area contributed by atoms with Crippen molar-refractivity contribution in [1.29, 1.82) is 0 Å². The third-order valence-electron chi connectivity index (χ3n) is 7.75. The quantitative estimate of drug-likeness (QED) is 0.322. The lowest BCUT2D eigenvalue weighted by Crippen LogP contribution is -2.39. The zero-order valence-corrected chi connectivity index (χ0v) is 23.9. The van der Waals surface area contributed by atoms with E-state index in [1.165, 1.54) is 24.8 Å². The molecule has 2 fully saturated rings. The number of methoxy groups -OCH3 is 3. The molecule has 3 heterocycles. The van der Waals surface area contributed by atoms with Gasteiger partial charge in [0.15, 0.2) is 23.0 Å². The first-order chi connectivity index (χ1) is 19.6. The molecule has 3 aromatic rings. The number of rotatable bonds is 11. The van der Waals surface area contributed by atoms with Crippen LogP contribution in [0, 0.1) is 0 Å². The van der Waals surface area contributed by atoms with Crippen LogP contribution in [0.4, 0.5) is 11.8 Å². The number of ether oxygens (including phenoxy) is 4. The van der Waals surface area contributed by atoms with Crippen LogP contribution in [-0.2, 0) is 6.54 Å². The normalized spacial score (nSPS) is 16.5. The molecule has 5 rings (SSSR count). The molecular weight excluding hydrogens is 506 g/mol. The van der Waals surface area contributed by atoms with Crippen LogP contribution in [0.15, 0.2) is 43.0 Å². The molecule has 2 aliphatic heterocycles. The molecule has 2 aliphatic rings. The number of anilines is 2. The van der Waals surface area contributed by atoms with Gasteiger partial charge >= 0.3 is 0 Å². The van der Waals surface area contributed by atoms with E-state index in [0.717, 1.165) is 73.8 Å². The van der Waals surface area contributed by atoms with Gasteiger partial charge in [-0.05, 0) is 55.9 Å². The summed E-state index contributed by atoms with van der Waals surface area (Å²) in [6.45, 7) is 9.05. The maximum Gasteiger partial charge on any atom is 0.225 e. The number of aromatic nitrogens is 2. The summed E-state index contributed by atoms with van der Waals surface area (Å²) >= 11 is 0. The highest BCUT2D eigenvalue weighted by atomic mass is 16.5. The first kappa shape index (κ1) is 27.8. The lowest BCUT2D eigenvalue weighted by atomic mass is 10.0. The predicted molar refractivity (Wildman–Crippen MR) is 159 cm³/mol. The van der Waals surface area contributed by atoms with E-state index >= 15 is 0 Å². The average Bonchev–Trinajstić information content (AvgIpc) is 3.00. The molecule has 0 spiro atoms. The third-order valence-corrected chi connectivity index (χ3v) is 7.75. The zero-order chi connectivity index (χ0) is 27.9. The molecule has 214 valence electrons. The Hall–Kier alpha value is -3.72. The van der Waals surface area contributed by atoms with E-state index in [1.54, 1.807) is 27.4 Å². The number of nitrogens with zero attached hydrogens (tertiary/aromatic N) is 4. The van der Waals surface area contributed by atoms with Crippen molar-refractivity contribution in [2.24, 2.45) is 0 Å². The standard InChI is InChI=1S/C31H41N5O4/c1-5-17-40-29-18-22(9-10-26(29)37-2)21-35-15-11-23(12-16-35)32-31-33-25-20-28(39-4)27(38-3)19-24(25)30(34-31)36-13-7-6-8-14-36/h5,9-10,18-20,23H,1,6-8,11-17,21H2,2-4H3,(H,32,33,34). The van der Waals surface area contributed by atoms with Gasteiger partial charge in [-0.15, -0.1) is 0 Å². The van der Waals surface area contributed by atoms with Crippen LogP contribution < -0.4 is 29.2 Å². The van der Waals surface area contributed by atoms with E-state index in [1.807, 2.05) is 18.2 Å². The molecule has 2 aromatic carbocycles. The van der Waals surface area contributed by atoms with E-state index in [9.17, 15) is 0 Å². The van der Waals surface area contributed by atoms with Gasteiger partial charge in [0.25, 0.3) is 0 Å². The Kier molecular flexibility index (Phi) is 9.11. The molecule has 9 heteroatoms. The smallest absolute Gasteiger partial charge is 0.225 e. The molecule has 1 N–H and O–H groups in total. The second kappa shape index (κ2) is 13.1. The molecule has 40 heavy (non-hydrogen) atoms. The van der Waals surface area contributed by atoms with E-state index in [0.29, 0.717) is 30.1 Å². The van der Waals surface area contributed by atoms with Crippen LogP contribution in [0.5, 0.6) is 23.0 Å². The van der Waals surface area contributed by atoms with Gasteiger partial charge in [-0.1, -0.05) is 18.7 Å². The zero-order valence-electron chi connectivity index (χ0n) is 23.9. The van der Waals surface area contributed by atoms with Crippen molar-refractivity contribution in [1.82, 2.24) is 14.9 Å². The molecular formula is C31H41N5O4. The Morgan fingerprint density at radius 2 is 1.60 bits per heavy atom. The molecule has 0 atom stereocenters. The monoisotopic (exact) mass is 547 g/mol. The van der Waals surface area contributed by atoms with E-state index < -0.39 is 0 Å². The van der Waals surface area contributed by atoms with Gasteiger partial charge in [-0.25, -0.2) is 4.98 Å². The van der Waals surface area contributed by atoms with Crippen LogP contribution >= 0.6 is 0 Å². The summed E-state index contributed by atoms with van der Waals surface area (Å²) in [5.74, 6) is 4.51. The summed E-state index contributed by atoms with van der Waals surface area (Å²) in [6, 6.07) is 10.4. The van der Waals surface area contributed by atoms with Gasteiger partial charge in [-0.3, -0.25) is 4.90 Å². The maximum absolute atomic E-state index is 5.80. The van der Waals surface area contributed by atoms with Crippen LogP contribution in [-0.4, -0.2) is 75.0 Å². The van der Waals surface area contributed by atoms with Crippen molar-refractivity contribution in [2.75, 3.05) is 64.3 Å². The lowest BCUT2D eigenvalue weighted by molar-refractivity contribution is 0.210. The van der Waals surface area contributed by atoms with Gasteiger partial charge in [-0.2, -0.15) is 4.98 Å². The Balaban J connectivity index is 1.28. The van der Waals surface area contributed by atoms with Crippen molar-refractivity contribution in [3.05, 3.63) is 48.6 Å². The van der Waals surface area contributed by atoms with Gasteiger partial charge in [0.2, 0.25) is 5.95 Å². The summed E-state index contributed by atoms with van der Waals surface area (Å²) in [5.41, 5.74) is 2.07. The maximum atomic E-state index is 5.80. The van der Waals surface area contributed by atoms with Crippen molar-refractivity contribution in [3.63, 3.8) is 0 Å². The Labute approximate surface area is 237 Å². The number of benzene rings is 2. The first-order valence-corrected chi connectivity index (χ1v) is 14.2. The van der Waals surface area contributed by atoms with Crippen molar-refractivity contribution >= 4 is 22.7 Å². The van der Waals surface area contributed by atoms with Crippen LogP contribution in [0.3, 0.4) is 0 Å².